The summed E-state index contributed by atoms with van der Waals surface area (Å²) in [6.45, 7) is 0.442. The fraction of sp³-hybridized carbons (Fsp3) is 0.333. The monoisotopic (exact) mass is 411 g/mol. The molecular formula is C12H11BrClNO2S3. The Bertz CT molecular complexity index is 688. The van der Waals surface area contributed by atoms with Gasteiger partial charge in [0, 0.05) is 17.5 Å². The van der Waals surface area contributed by atoms with Crippen LogP contribution < -0.4 is 0 Å². The summed E-state index contributed by atoms with van der Waals surface area (Å²) in [5, 5.41) is 2.41. The second-order valence-corrected chi connectivity index (χ2v) is 10.5. The zero-order valence-corrected chi connectivity index (χ0v) is 15.0. The molecule has 1 saturated carbocycles. The van der Waals surface area contributed by atoms with Gasteiger partial charge in [-0.05, 0) is 46.3 Å². The summed E-state index contributed by atoms with van der Waals surface area (Å²) in [6, 6.07) is 5.56. The van der Waals surface area contributed by atoms with E-state index in [0.29, 0.717) is 19.6 Å². The minimum absolute atomic E-state index is 0.127. The topological polar surface area (TPSA) is 37.4 Å². The first-order chi connectivity index (χ1) is 9.48. The molecule has 0 aromatic carbocycles. The van der Waals surface area contributed by atoms with E-state index in [1.165, 1.54) is 17.4 Å². The van der Waals surface area contributed by atoms with Gasteiger partial charge in [0.15, 0.2) is 0 Å². The first-order valence-electron chi connectivity index (χ1n) is 5.97. The number of rotatable bonds is 5. The van der Waals surface area contributed by atoms with Crippen LogP contribution in [0.3, 0.4) is 0 Å². The van der Waals surface area contributed by atoms with Gasteiger partial charge in [0.05, 0.1) is 8.81 Å². The number of hydrogen-bond acceptors (Lipinski definition) is 4. The third-order valence-corrected chi connectivity index (χ3v) is 8.71. The SMILES string of the molecule is O=S(=O)(c1cc(Cl)c(Br)s1)N(Cc1cccs1)C1CC1. The van der Waals surface area contributed by atoms with E-state index in [0.717, 1.165) is 17.7 Å². The average Bonchev–Trinajstić information content (AvgIpc) is 2.98. The van der Waals surface area contributed by atoms with Crippen molar-refractivity contribution >= 4 is 60.2 Å². The van der Waals surface area contributed by atoms with Crippen LogP contribution in [0.1, 0.15) is 17.7 Å². The molecule has 108 valence electrons. The van der Waals surface area contributed by atoms with Gasteiger partial charge in [-0.25, -0.2) is 8.42 Å². The predicted octanol–water partition coefficient (Wildman–Crippen LogP) is 4.58. The Balaban J connectivity index is 1.93. The van der Waals surface area contributed by atoms with Gasteiger partial charge in [0.1, 0.15) is 4.21 Å². The molecule has 3 rings (SSSR count). The van der Waals surface area contributed by atoms with Gasteiger partial charge in [0.2, 0.25) is 0 Å². The van der Waals surface area contributed by atoms with Gasteiger partial charge in [-0.15, -0.1) is 22.7 Å². The van der Waals surface area contributed by atoms with Crippen molar-refractivity contribution in [3.63, 3.8) is 0 Å². The summed E-state index contributed by atoms with van der Waals surface area (Å²) in [5.41, 5.74) is 0. The number of nitrogens with zero attached hydrogens (tertiary/aromatic N) is 1. The highest BCUT2D eigenvalue weighted by Gasteiger charge is 2.39. The quantitative estimate of drug-likeness (QED) is 0.721. The maximum atomic E-state index is 12.8. The standard InChI is InChI=1S/C12H11BrClNO2S3/c13-12-10(14)6-11(19-12)20(16,17)15(8-3-4-8)7-9-2-1-5-18-9/h1-2,5-6,8H,3-4,7H2. The van der Waals surface area contributed by atoms with Crippen molar-refractivity contribution < 1.29 is 8.42 Å². The summed E-state index contributed by atoms with van der Waals surface area (Å²) in [7, 11) is -3.47. The molecule has 0 unspecified atom stereocenters. The molecule has 20 heavy (non-hydrogen) atoms. The highest BCUT2D eigenvalue weighted by molar-refractivity contribution is 9.11. The van der Waals surface area contributed by atoms with Gasteiger partial charge in [-0.3, -0.25) is 0 Å². The molecular weight excluding hydrogens is 402 g/mol. The Morgan fingerprint density at radius 1 is 1.45 bits per heavy atom. The highest BCUT2D eigenvalue weighted by atomic mass is 79.9. The van der Waals surface area contributed by atoms with Crippen LogP contribution in [0.2, 0.25) is 5.02 Å². The van der Waals surface area contributed by atoms with Crippen LogP contribution in [0.5, 0.6) is 0 Å². The van der Waals surface area contributed by atoms with E-state index in [1.54, 1.807) is 15.6 Å². The van der Waals surface area contributed by atoms with Gasteiger partial charge in [-0.2, -0.15) is 4.31 Å². The van der Waals surface area contributed by atoms with E-state index in [-0.39, 0.29) is 6.04 Å². The van der Waals surface area contributed by atoms with E-state index in [4.69, 9.17) is 11.6 Å². The largest absolute Gasteiger partial charge is 0.253 e. The first-order valence-corrected chi connectivity index (χ1v) is 10.3. The molecule has 3 nitrogen and oxygen atoms in total. The van der Waals surface area contributed by atoms with E-state index >= 15 is 0 Å². The fourth-order valence-electron chi connectivity index (χ4n) is 1.90. The maximum Gasteiger partial charge on any atom is 0.253 e. The Labute approximate surface area is 139 Å². The molecule has 2 aromatic rings. The smallest absolute Gasteiger partial charge is 0.206 e. The van der Waals surface area contributed by atoms with Crippen molar-refractivity contribution in [2.24, 2.45) is 0 Å². The highest BCUT2D eigenvalue weighted by Crippen LogP contribution is 2.40. The summed E-state index contributed by atoms with van der Waals surface area (Å²) in [5.74, 6) is 0. The molecule has 0 N–H and O–H groups in total. The van der Waals surface area contributed by atoms with Crippen LogP contribution in [0.4, 0.5) is 0 Å². The molecule has 0 bridgehead atoms. The Morgan fingerprint density at radius 2 is 2.20 bits per heavy atom. The zero-order valence-electron chi connectivity index (χ0n) is 10.3. The summed E-state index contributed by atoms with van der Waals surface area (Å²) >= 11 is 12.0. The van der Waals surface area contributed by atoms with Gasteiger partial charge in [-0.1, -0.05) is 17.7 Å². The normalized spacial score (nSPS) is 15.9. The Morgan fingerprint density at radius 3 is 2.70 bits per heavy atom. The van der Waals surface area contributed by atoms with Crippen molar-refractivity contribution in [1.29, 1.82) is 0 Å². The molecule has 0 atom stereocenters. The molecule has 1 aliphatic rings. The van der Waals surface area contributed by atoms with Crippen molar-refractivity contribution in [1.82, 2.24) is 4.31 Å². The number of sulfonamides is 1. The van der Waals surface area contributed by atoms with Crippen LogP contribution in [-0.2, 0) is 16.6 Å². The molecule has 2 aromatic heterocycles. The summed E-state index contributed by atoms with van der Waals surface area (Å²) in [4.78, 5) is 1.06. The molecule has 0 saturated heterocycles. The summed E-state index contributed by atoms with van der Waals surface area (Å²) < 4.78 is 28.1. The van der Waals surface area contributed by atoms with Crippen LogP contribution in [0, 0.1) is 0 Å². The Hall–Kier alpha value is 0.0800. The van der Waals surface area contributed by atoms with Crippen molar-refractivity contribution in [2.75, 3.05) is 0 Å². The van der Waals surface area contributed by atoms with E-state index in [9.17, 15) is 8.42 Å². The van der Waals surface area contributed by atoms with Crippen LogP contribution in [0.15, 0.2) is 31.6 Å². The molecule has 1 fully saturated rings. The molecule has 0 aliphatic heterocycles. The lowest BCUT2D eigenvalue weighted by atomic mass is 10.4. The second-order valence-electron chi connectivity index (χ2n) is 4.55. The zero-order chi connectivity index (χ0) is 14.3. The van der Waals surface area contributed by atoms with Crippen molar-refractivity contribution in [3.8, 4) is 0 Å². The number of hydrogen-bond donors (Lipinski definition) is 0. The maximum absolute atomic E-state index is 12.8. The minimum Gasteiger partial charge on any atom is -0.206 e. The van der Waals surface area contributed by atoms with Gasteiger partial charge in [0.25, 0.3) is 10.0 Å². The molecule has 1 aliphatic carbocycles. The predicted molar refractivity (Wildman–Crippen MR) is 87.1 cm³/mol. The molecule has 0 radical (unpaired) electrons. The fourth-order valence-corrected chi connectivity index (χ4v) is 6.87. The van der Waals surface area contributed by atoms with E-state index in [2.05, 4.69) is 15.9 Å². The molecule has 2 heterocycles. The number of halogens is 2. The van der Waals surface area contributed by atoms with E-state index < -0.39 is 10.0 Å². The van der Waals surface area contributed by atoms with Crippen LogP contribution in [-0.4, -0.2) is 18.8 Å². The second kappa shape index (κ2) is 5.70. The lowest BCUT2D eigenvalue weighted by Gasteiger charge is -2.20. The molecule has 0 spiro atoms. The van der Waals surface area contributed by atoms with Crippen LogP contribution >= 0.6 is 50.2 Å². The number of thiophene rings is 2. The minimum atomic E-state index is -3.47. The average molecular weight is 413 g/mol. The molecule has 0 amide bonds. The van der Waals surface area contributed by atoms with E-state index in [1.807, 2.05) is 17.5 Å². The van der Waals surface area contributed by atoms with Crippen LogP contribution in [0.25, 0.3) is 0 Å². The lowest BCUT2D eigenvalue weighted by Crippen LogP contribution is -2.31. The first kappa shape index (κ1) is 15.0. The Kier molecular flexibility index (Phi) is 4.27. The van der Waals surface area contributed by atoms with Gasteiger partial charge < -0.3 is 0 Å². The van der Waals surface area contributed by atoms with Crippen molar-refractivity contribution in [2.45, 2.75) is 29.6 Å². The third kappa shape index (κ3) is 2.98. The van der Waals surface area contributed by atoms with Gasteiger partial charge >= 0.3 is 0 Å². The molecule has 8 heteroatoms. The lowest BCUT2D eigenvalue weighted by molar-refractivity contribution is 0.403. The summed E-state index contributed by atoms with van der Waals surface area (Å²) in [6.07, 6.45) is 1.87. The third-order valence-electron chi connectivity index (χ3n) is 3.03. The van der Waals surface area contributed by atoms with Crippen molar-refractivity contribution in [3.05, 3.63) is 37.3 Å².